The fourth-order valence-electron chi connectivity index (χ4n) is 4.48. The molecule has 3 aliphatic carbocycles. The lowest BCUT2D eigenvalue weighted by molar-refractivity contribution is -0.160. The second-order valence-electron chi connectivity index (χ2n) is 9.93. The van der Waals surface area contributed by atoms with Gasteiger partial charge in [0.15, 0.2) is 0 Å². The van der Waals surface area contributed by atoms with E-state index in [2.05, 4.69) is 30.5 Å². The fraction of sp³-hybridized carbons (Fsp3) is 0.542. The van der Waals surface area contributed by atoms with E-state index < -0.39 is 31.8 Å². The van der Waals surface area contributed by atoms with Gasteiger partial charge in [0.2, 0.25) is 5.91 Å². The van der Waals surface area contributed by atoms with Gasteiger partial charge in [-0.2, -0.15) is 0 Å². The molecule has 33 heavy (non-hydrogen) atoms. The van der Waals surface area contributed by atoms with Crippen LogP contribution in [-0.2, 0) is 23.9 Å². The molecule has 0 saturated carbocycles. The monoisotopic (exact) mass is 474 g/mol. The first-order valence-corrected chi connectivity index (χ1v) is 15.2. The molecule has 8 nitrogen and oxygen atoms in total. The van der Waals surface area contributed by atoms with Crippen LogP contribution in [0.2, 0.25) is 25.7 Å². The van der Waals surface area contributed by atoms with Crippen LogP contribution in [0.15, 0.2) is 23.9 Å². The molecule has 3 N–H and O–H groups in total. The summed E-state index contributed by atoms with van der Waals surface area (Å²) in [4.78, 5) is 38.1. The van der Waals surface area contributed by atoms with Crippen molar-refractivity contribution in [3.8, 4) is 5.75 Å². The topological polar surface area (TPSA) is 114 Å². The predicted molar refractivity (Wildman–Crippen MR) is 127 cm³/mol. The Morgan fingerprint density at radius 1 is 1.12 bits per heavy atom. The van der Waals surface area contributed by atoms with Crippen LogP contribution in [0, 0.1) is 11.8 Å². The molecule has 0 fully saturated rings. The molecule has 0 aromatic heterocycles. The first kappa shape index (κ1) is 24.8. The number of phenols is 1. The Kier molecular flexibility index (Phi) is 7.51. The van der Waals surface area contributed by atoms with E-state index >= 15 is 0 Å². The van der Waals surface area contributed by atoms with Crippen LogP contribution in [0.5, 0.6) is 5.75 Å². The summed E-state index contributed by atoms with van der Waals surface area (Å²) in [5.41, 5.74) is 8.25. The van der Waals surface area contributed by atoms with Crippen molar-refractivity contribution in [1.82, 2.24) is 10.9 Å². The Balaban J connectivity index is 2.04. The molecule has 3 atom stereocenters. The van der Waals surface area contributed by atoms with Crippen molar-refractivity contribution in [3.05, 3.63) is 35.0 Å². The fourth-order valence-corrected chi connectivity index (χ4v) is 5.20. The van der Waals surface area contributed by atoms with Gasteiger partial charge in [-0.15, -0.1) is 0 Å². The number of rotatable bonds is 9. The summed E-state index contributed by atoms with van der Waals surface area (Å²) >= 11 is 0. The van der Waals surface area contributed by atoms with Gasteiger partial charge in [0.1, 0.15) is 5.75 Å². The lowest BCUT2D eigenvalue weighted by Crippen LogP contribution is -2.48. The Bertz CT molecular complexity index is 968. The second kappa shape index (κ2) is 9.99. The lowest BCUT2D eigenvalue weighted by Gasteiger charge is -2.44. The van der Waals surface area contributed by atoms with E-state index in [9.17, 15) is 19.5 Å². The quantitative estimate of drug-likeness (QED) is 0.286. The largest absolute Gasteiger partial charge is 0.508 e. The highest BCUT2D eigenvalue weighted by molar-refractivity contribution is 6.76. The van der Waals surface area contributed by atoms with Gasteiger partial charge < -0.3 is 20.0 Å². The number of ether oxygens (including phenoxy) is 2. The average Bonchev–Trinajstić information content (AvgIpc) is 2.74. The molecule has 0 saturated heterocycles. The molecular weight excluding hydrogens is 440 g/mol. The van der Waals surface area contributed by atoms with Crippen molar-refractivity contribution < 1.29 is 29.0 Å². The molecule has 1 unspecified atom stereocenters. The summed E-state index contributed by atoms with van der Waals surface area (Å²) in [6.45, 7) is 10.5. The third-order valence-electron chi connectivity index (χ3n) is 6.04. The molecule has 1 aromatic rings. The van der Waals surface area contributed by atoms with Crippen LogP contribution < -0.4 is 10.9 Å². The van der Waals surface area contributed by atoms with E-state index in [0.717, 1.165) is 11.6 Å². The minimum atomic E-state index is -1.40. The number of hydrogen-bond acceptors (Lipinski definition) is 7. The van der Waals surface area contributed by atoms with E-state index in [-0.39, 0.29) is 24.2 Å². The van der Waals surface area contributed by atoms with Crippen LogP contribution in [0.3, 0.4) is 0 Å². The molecule has 0 spiro atoms. The van der Waals surface area contributed by atoms with Crippen LogP contribution in [-0.4, -0.2) is 44.2 Å². The van der Waals surface area contributed by atoms with Crippen LogP contribution in [0.1, 0.15) is 43.7 Å². The van der Waals surface area contributed by atoms with Gasteiger partial charge in [-0.1, -0.05) is 32.6 Å². The highest BCUT2D eigenvalue weighted by Gasteiger charge is 2.53. The SMILES string of the molecule is CCCOC(=O)[C@@H]1C2=C(NNC(C)=O)CC(c3ccc(O)cc32)[C@H]1C(=O)OCC[Si](C)(C)C. The average molecular weight is 475 g/mol. The maximum absolute atomic E-state index is 13.3. The number of nitrogens with one attached hydrogen (secondary N) is 2. The van der Waals surface area contributed by atoms with E-state index in [4.69, 9.17) is 9.47 Å². The number of amides is 1. The van der Waals surface area contributed by atoms with Gasteiger partial charge in [-0.25, -0.2) is 0 Å². The smallest absolute Gasteiger partial charge is 0.314 e. The summed E-state index contributed by atoms with van der Waals surface area (Å²) < 4.78 is 11.2. The highest BCUT2D eigenvalue weighted by Crippen LogP contribution is 2.55. The minimum Gasteiger partial charge on any atom is -0.508 e. The number of hydrogen-bond donors (Lipinski definition) is 3. The number of esters is 2. The Morgan fingerprint density at radius 2 is 1.82 bits per heavy atom. The third kappa shape index (κ3) is 5.58. The number of fused-ring (bicyclic) bond motifs is 2. The molecule has 0 aliphatic heterocycles. The van der Waals surface area contributed by atoms with Crippen molar-refractivity contribution in [2.75, 3.05) is 13.2 Å². The molecule has 1 aromatic carbocycles. The summed E-state index contributed by atoms with van der Waals surface area (Å²) in [5.74, 6) is -3.11. The first-order chi connectivity index (χ1) is 15.5. The predicted octanol–water partition coefficient (Wildman–Crippen LogP) is 3.31. The van der Waals surface area contributed by atoms with E-state index in [1.54, 1.807) is 18.2 Å². The van der Waals surface area contributed by atoms with Crippen LogP contribution >= 0.6 is 0 Å². The number of phenolic OH excluding ortho intramolecular Hbond substituents is 1. The van der Waals surface area contributed by atoms with Gasteiger partial charge in [-0.05, 0) is 47.7 Å². The summed E-state index contributed by atoms with van der Waals surface area (Å²) in [5, 5.41) is 10.1. The summed E-state index contributed by atoms with van der Waals surface area (Å²) in [7, 11) is -1.40. The number of carbonyl (C=O) groups excluding carboxylic acids is 3. The molecule has 9 heteroatoms. The van der Waals surface area contributed by atoms with E-state index in [1.165, 1.54) is 6.92 Å². The molecule has 0 heterocycles. The number of benzene rings is 1. The Morgan fingerprint density at radius 3 is 2.45 bits per heavy atom. The molecule has 1 amide bonds. The number of allylic oxidation sites excluding steroid dienone is 1. The van der Waals surface area contributed by atoms with Gasteiger partial charge in [0, 0.05) is 26.6 Å². The molecule has 180 valence electrons. The first-order valence-electron chi connectivity index (χ1n) is 11.5. The zero-order valence-corrected chi connectivity index (χ0v) is 21.0. The molecule has 2 bridgehead atoms. The van der Waals surface area contributed by atoms with Crippen molar-refractivity contribution in [1.29, 1.82) is 0 Å². The highest BCUT2D eigenvalue weighted by atomic mass is 28.3. The molecular formula is C24H34N2O6Si. The van der Waals surface area contributed by atoms with Gasteiger partial charge in [0.05, 0.1) is 25.0 Å². The number of aromatic hydroxyl groups is 1. The Labute approximate surface area is 195 Å². The zero-order valence-electron chi connectivity index (χ0n) is 20.0. The molecule has 4 rings (SSSR count). The van der Waals surface area contributed by atoms with E-state index in [1.807, 2.05) is 6.92 Å². The van der Waals surface area contributed by atoms with Gasteiger partial charge in [-0.3, -0.25) is 19.8 Å². The van der Waals surface area contributed by atoms with Gasteiger partial charge in [0.25, 0.3) is 0 Å². The standard InChI is InChI=1S/C24H34N2O6Si/c1-6-9-31-24(30)22-20-17-12-15(28)7-8-16(17)18(13-19(20)26-25-14(2)27)21(22)23(29)32-10-11-33(3,4)5/h7-8,12,18,21-22,26,28H,6,9-11,13H2,1-5H3,(H,25,27)/t18?,21-,22-/m1/s1. The zero-order chi connectivity index (χ0) is 24.3. The summed E-state index contributed by atoms with van der Waals surface area (Å²) in [6.07, 6.45) is 1.08. The van der Waals surface area contributed by atoms with Crippen LogP contribution in [0.4, 0.5) is 0 Å². The lowest BCUT2D eigenvalue weighted by atomic mass is 9.60. The van der Waals surface area contributed by atoms with Crippen molar-refractivity contribution in [2.45, 2.75) is 58.3 Å². The summed E-state index contributed by atoms with van der Waals surface area (Å²) in [6, 6.07) is 5.81. The maximum atomic E-state index is 13.3. The number of hydrazine groups is 1. The molecule has 3 aliphatic rings. The minimum absolute atomic E-state index is 0.0580. The normalized spacial score (nSPS) is 21.3. The molecule has 0 radical (unpaired) electrons. The third-order valence-corrected chi connectivity index (χ3v) is 7.74. The van der Waals surface area contributed by atoms with Crippen LogP contribution in [0.25, 0.3) is 5.57 Å². The van der Waals surface area contributed by atoms with Crippen molar-refractivity contribution >= 4 is 31.5 Å². The van der Waals surface area contributed by atoms with Crippen molar-refractivity contribution in [3.63, 3.8) is 0 Å². The van der Waals surface area contributed by atoms with E-state index in [0.29, 0.717) is 36.3 Å². The van der Waals surface area contributed by atoms with Crippen molar-refractivity contribution in [2.24, 2.45) is 11.8 Å². The maximum Gasteiger partial charge on any atom is 0.314 e. The second-order valence-corrected chi connectivity index (χ2v) is 15.6. The number of carbonyl (C=O) groups is 3. The van der Waals surface area contributed by atoms with Gasteiger partial charge >= 0.3 is 11.9 Å². The Hall–Kier alpha value is -2.81.